The van der Waals surface area contributed by atoms with E-state index in [9.17, 15) is 9.59 Å². The number of hydrogen-bond acceptors (Lipinski definition) is 2. The van der Waals surface area contributed by atoms with Gasteiger partial charge in [0.05, 0.1) is 5.41 Å². The van der Waals surface area contributed by atoms with E-state index >= 15 is 0 Å². The van der Waals surface area contributed by atoms with Gasteiger partial charge in [-0.05, 0) is 50.5 Å². The Morgan fingerprint density at radius 1 is 1.08 bits per heavy atom. The minimum absolute atomic E-state index is 0.0757. The highest BCUT2D eigenvalue weighted by Crippen LogP contribution is 2.25. The Kier molecular flexibility index (Phi) is 5.39. The quantitative estimate of drug-likeness (QED) is 0.845. The summed E-state index contributed by atoms with van der Waals surface area (Å²) in [5, 5.41) is 11.7. The average molecular weight is 325 g/mol. The third-order valence-corrected chi connectivity index (χ3v) is 4.15. The van der Waals surface area contributed by atoms with Crippen molar-refractivity contribution in [2.75, 3.05) is 5.32 Å². The molecular formula is C20H23NO3. The second-order valence-electron chi connectivity index (χ2n) is 6.54. The molecule has 0 bridgehead atoms. The minimum Gasteiger partial charge on any atom is -0.481 e. The molecule has 0 atom stereocenters. The molecule has 2 aromatic rings. The normalized spacial score (nSPS) is 11.1. The van der Waals surface area contributed by atoms with Crippen LogP contribution in [0.4, 0.5) is 5.69 Å². The van der Waals surface area contributed by atoms with Crippen molar-refractivity contribution in [2.24, 2.45) is 0 Å². The predicted octanol–water partition coefficient (Wildman–Crippen LogP) is 3.93. The summed E-state index contributed by atoms with van der Waals surface area (Å²) in [6, 6.07) is 15.3. The summed E-state index contributed by atoms with van der Waals surface area (Å²) < 4.78 is 0. The third kappa shape index (κ3) is 4.44. The highest BCUT2D eigenvalue weighted by molar-refractivity contribution is 5.98. The van der Waals surface area contributed by atoms with Crippen molar-refractivity contribution < 1.29 is 14.7 Å². The second kappa shape index (κ2) is 7.30. The molecule has 126 valence electrons. The van der Waals surface area contributed by atoms with Crippen LogP contribution in [0.15, 0.2) is 48.5 Å². The number of benzene rings is 2. The lowest BCUT2D eigenvalue weighted by atomic mass is 9.83. The van der Waals surface area contributed by atoms with Gasteiger partial charge in [0.1, 0.15) is 0 Å². The number of carboxylic acid groups (broad SMARTS) is 1. The van der Waals surface area contributed by atoms with Crippen LogP contribution in [0, 0.1) is 6.92 Å². The van der Waals surface area contributed by atoms with E-state index < -0.39 is 11.4 Å². The van der Waals surface area contributed by atoms with Crippen LogP contribution in [0.2, 0.25) is 0 Å². The van der Waals surface area contributed by atoms with Gasteiger partial charge in [-0.2, -0.15) is 0 Å². The van der Waals surface area contributed by atoms with Crippen molar-refractivity contribution in [3.63, 3.8) is 0 Å². The molecule has 0 saturated carbocycles. The highest BCUT2D eigenvalue weighted by atomic mass is 16.4. The van der Waals surface area contributed by atoms with Gasteiger partial charge in [-0.25, -0.2) is 0 Å². The van der Waals surface area contributed by atoms with Gasteiger partial charge in [0.25, 0.3) is 0 Å². The molecule has 24 heavy (non-hydrogen) atoms. The number of anilines is 1. The number of carboxylic acids is 1. The van der Waals surface area contributed by atoms with Gasteiger partial charge in [-0.15, -0.1) is 0 Å². The number of hydrogen-bond donors (Lipinski definition) is 2. The van der Waals surface area contributed by atoms with Crippen molar-refractivity contribution >= 4 is 17.6 Å². The number of carbonyl (C=O) groups excluding carboxylic acids is 1. The fourth-order valence-corrected chi connectivity index (χ4v) is 2.44. The number of nitrogens with one attached hydrogen (secondary N) is 1. The van der Waals surface area contributed by atoms with Crippen LogP contribution in [0.3, 0.4) is 0 Å². The fourth-order valence-electron chi connectivity index (χ4n) is 2.44. The lowest BCUT2D eigenvalue weighted by Gasteiger charge is -2.24. The summed E-state index contributed by atoms with van der Waals surface area (Å²) in [5.41, 5.74) is 3.02. The Balaban J connectivity index is 2.12. The van der Waals surface area contributed by atoms with E-state index in [2.05, 4.69) is 5.32 Å². The Morgan fingerprint density at radius 3 is 2.38 bits per heavy atom. The smallest absolute Gasteiger partial charge is 0.303 e. The third-order valence-electron chi connectivity index (χ3n) is 4.15. The molecular weight excluding hydrogens is 302 g/mol. The molecule has 0 unspecified atom stereocenters. The van der Waals surface area contributed by atoms with Crippen LogP contribution in [0.5, 0.6) is 0 Å². The minimum atomic E-state index is -0.829. The zero-order valence-corrected chi connectivity index (χ0v) is 14.3. The summed E-state index contributed by atoms with van der Waals surface area (Å²) in [4.78, 5) is 23.4. The summed E-state index contributed by atoms with van der Waals surface area (Å²) >= 11 is 0. The lowest BCUT2D eigenvalue weighted by Crippen LogP contribution is -2.34. The zero-order chi connectivity index (χ0) is 17.7. The molecule has 4 heteroatoms. The largest absolute Gasteiger partial charge is 0.481 e. The zero-order valence-electron chi connectivity index (χ0n) is 14.3. The van der Waals surface area contributed by atoms with Crippen LogP contribution in [-0.2, 0) is 21.4 Å². The molecule has 2 rings (SSSR count). The number of rotatable bonds is 6. The standard InChI is InChI=1S/C20H23NO3/c1-14-7-10-16(11-8-14)20(2,3)19(24)21-17-6-4-5-15(13-17)9-12-18(22)23/h4-8,10-11,13H,9,12H2,1-3H3,(H,21,24)(H,22,23). The summed E-state index contributed by atoms with van der Waals surface area (Å²) in [6.07, 6.45) is 0.520. The van der Waals surface area contributed by atoms with E-state index in [1.54, 1.807) is 0 Å². The number of carbonyl (C=O) groups is 2. The molecule has 2 N–H and O–H groups in total. The molecule has 0 aliphatic rings. The highest BCUT2D eigenvalue weighted by Gasteiger charge is 2.29. The lowest BCUT2D eigenvalue weighted by molar-refractivity contribution is -0.137. The number of aliphatic carboxylic acids is 1. The molecule has 1 amide bonds. The molecule has 0 aliphatic heterocycles. The second-order valence-corrected chi connectivity index (χ2v) is 6.54. The van der Waals surface area contributed by atoms with E-state index in [-0.39, 0.29) is 12.3 Å². The Labute approximate surface area is 142 Å². The van der Waals surface area contributed by atoms with Gasteiger partial charge in [-0.1, -0.05) is 42.0 Å². The molecule has 4 nitrogen and oxygen atoms in total. The van der Waals surface area contributed by atoms with Gasteiger partial charge in [0.2, 0.25) is 5.91 Å². The van der Waals surface area contributed by atoms with Crippen molar-refractivity contribution in [1.29, 1.82) is 0 Å². The van der Waals surface area contributed by atoms with Gasteiger partial charge >= 0.3 is 5.97 Å². The van der Waals surface area contributed by atoms with E-state index in [1.807, 2.05) is 69.3 Å². The molecule has 0 saturated heterocycles. The first-order valence-electron chi connectivity index (χ1n) is 7.98. The molecule has 0 fully saturated rings. The van der Waals surface area contributed by atoms with E-state index in [1.165, 1.54) is 0 Å². The SMILES string of the molecule is Cc1ccc(C(C)(C)C(=O)Nc2cccc(CCC(=O)O)c2)cc1. The van der Waals surface area contributed by atoms with Crippen molar-refractivity contribution in [3.8, 4) is 0 Å². The summed E-state index contributed by atoms with van der Waals surface area (Å²) in [7, 11) is 0. The number of amides is 1. The van der Waals surface area contributed by atoms with Crippen molar-refractivity contribution in [2.45, 2.75) is 39.0 Å². The summed E-state index contributed by atoms with van der Waals surface area (Å²) in [5.74, 6) is -0.924. The predicted molar refractivity (Wildman–Crippen MR) is 95.2 cm³/mol. The van der Waals surface area contributed by atoms with Crippen LogP contribution in [0.1, 0.15) is 37.0 Å². The number of aryl methyl sites for hydroxylation is 2. The van der Waals surface area contributed by atoms with Gasteiger partial charge < -0.3 is 10.4 Å². The van der Waals surface area contributed by atoms with E-state index in [4.69, 9.17) is 5.11 Å². The molecule has 0 heterocycles. The maximum Gasteiger partial charge on any atom is 0.303 e. The topological polar surface area (TPSA) is 66.4 Å². The monoisotopic (exact) mass is 325 g/mol. The Bertz CT molecular complexity index is 733. The first kappa shape index (κ1) is 17.7. The molecule has 0 spiro atoms. The van der Waals surface area contributed by atoms with Crippen LogP contribution < -0.4 is 5.32 Å². The first-order chi connectivity index (χ1) is 11.3. The van der Waals surface area contributed by atoms with Crippen LogP contribution in [0.25, 0.3) is 0 Å². The first-order valence-corrected chi connectivity index (χ1v) is 7.98. The molecule has 2 aromatic carbocycles. The van der Waals surface area contributed by atoms with Gasteiger partial charge in [-0.3, -0.25) is 9.59 Å². The fraction of sp³-hybridized carbons (Fsp3) is 0.300. The van der Waals surface area contributed by atoms with Crippen molar-refractivity contribution in [3.05, 3.63) is 65.2 Å². The molecule has 0 aliphatic carbocycles. The van der Waals surface area contributed by atoms with Gasteiger partial charge in [0.15, 0.2) is 0 Å². The van der Waals surface area contributed by atoms with Crippen molar-refractivity contribution in [1.82, 2.24) is 0 Å². The van der Waals surface area contributed by atoms with E-state index in [0.717, 1.165) is 16.7 Å². The van der Waals surface area contributed by atoms with E-state index in [0.29, 0.717) is 12.1 Å². The maximum atomic E-state index is 12.7. The Morgan fingerprint density at radius 2 is 1.75 bits per heavy atom. The Hall–Kier alpha value is -2.62. The van der Waals surface area contributed by atoms with Crippen LogP contribution >= 0.6 is 0 Å². The molecule has 0 aromatic heterocycles. The maximum absolute atomic E-state index is 12.7. The average Bonchev–Trinajstić information content (AvgIpc) is 2.53. The van der Waals surface area contributed by atoms with Gasteiger partial charge in [0, 0.05) is 12.1 Å². The molecule has 0 radical (unpaired) electrons. The van der Waals surface area contributed by atoms with Crippen LogP contribution in [-0.4, -0.2) is 17.0 Å². The summed E-state index contributed by atoms with van der Waals surface area (Å²) in [6.45, 7) is 5.79.